The summed E-state index contributed by atoms with van der Waals surface area (Å²) in [4.78, 5) is 16.4. The highest BCUT2D eigenvalue weighted by atomic mass is 16.5. The van der Waals surface area contributed by atoms with E-state index in [1.165, 1.54) is 0 Å². The second-order valence-electron chi connectivity index (χ2n) is 6.76. The Balaban J connectivity index is 1.26. The van der Waals surface area contributed by atoms with Gasteiger partial charge in [-0.25, -0.2) is 4.98 Å². The van der Waals surface area contributed by atoms with Crippen molar-refractivity contribution in [1.82, 2.24) is 10.3 Å². The van der Waals surface area contributed by atoms with Gasteiger partial charge in [0, 0.05) is 19.3 Å². The highest BCUT2D eigenvalue weighted by molar-refractivity contribution is 5.91. The van der Waals surface area contributed by atoms with E-state index in [0.717, 1.165) is 16.5 Å². The number of hydrogen-bond acceptors (Lipinski definition) is 6. The third-order valence-electron chi connectivity index (χ3n) is 4.62. The molecule has 0 aliphatic heterocycles. The SMILES string of the molecule is N#Cc1cccnc1NCCNC(=O)c1ccc(COc2ccc3ccccc3c2)o1. The largest absolute Gasteiger partial charge is 0.486 e. The monoisotopic (exact) mass is 412 g/mol. The number of carbonyl (C=O) groups is 1. The van der Waals surface area contributed by atoms with Gasteiger partial charge in [-0.1, -0.05) is 30.3 Å². The Hall–Kier alpha value is -4.31. The number of hydrogen-bond donors (Lipinski definition) is 2. The molecule has 154 valence electrons. The average molecular weight is 412 g/mol. The number of ether oxygens (including phenoxy) is 1. The fraction of sp³-hybridized carbons (Fsp3) is 0.125. The summed E-state index contributed by atoms with van der Waals surface area (Å²) in [6.45, 7) is 1.00. The first-order valence-electron chi connectivity index (χ1n) is 9.80. The van der Waals surface area contributed by atoms with Crippen molar-refractivity contribution in [1.29, 1.82) is 5.26 Å². The topological polar surface area (TPSA) is 100 Å². The van der Waals surface area contributed by atoms with Gasteiger partial charge in [0.1, 0.15) is 30.0 Å². The molecule has 0 fully saturated rings. The van der Waals surface area contributed by atoms with Crippen molar-refractivity contribution in [2.75, 3.05) is 18.4 Å². The Kier molecular flexibility index (Phi) is 6.10. The van der Waals surface area contributed by atoms with Gasteiger partial charge in [-0.05, 0) is 47.2 Å². The van der Waals surface area contributed by atoms with E-state index < -0.39 is 0 Å². The number of nitriles is 1. The third-order valence-corrected chi connectivity index (χ3v) is 4.62. The number of furan rings is 1. The first-order chi connectivity index (χ1) is 15.2. The second-order valence-corrected chi connectivity index (χ2v) is 6.76. The molecule has 2 heterocycles. The first-order valence-corrected chi connectivity index (χ1v) is 9.80. The number of rotatable bonds is 8. The summed E-state index contributed by atoms with van der Waals surface area (Å²) >= 11 is 0. The Labute approximate surface area is 179 Å². The number of pyridine rings is 1. The zero-order valence-electron chi connectivity index (χ0n) is 16.7. The minimum atomic E-state index is -0.319. The van der Waals surface area contributed by atoms with E-state index in [1.54, 1.807) is 30.5 Å². The molecular formula is C24H20N4O3. The Morgan fingerprint density at radius 1 is 1.03 bits per heavy atom. The van der Waals surface area contributed by atoms with E-state index in [4.69, 9.17) is 14.4 Å². The standard InChI is InChI=1S/C24H20N4O3/c25-15-19-6-3-11-26-23(19)27-12-13-28-24(29)22-10-9-21(31-22)16-30-20-8-7-17-4-1-2-5-18(17)14-20/h1-11,14H,12-13,16H2,(H,26,27)(H,28,29). The van der Waals surface area contributed by atoms with E-state index >= 15 is 0 Å². The van der Waals surface area contributed by atoms with Crippen LogP contribution in [0, 0.1) is 11.3 Å². The van der Waals surface area contributed by atoms with Crippen LogP contribution in [0.15, 0.2) is 77.3 Å². The zero-order valence-corrected chi connectivity index (χ0v) is 16.7. The lowest BCUT2D eigenvalue weighted by Gasteiger charge is -2.07. The van der Waals surface area contributed by atoms with Crippen LogP contribution in [-0.4, -0.2) is 24.0 Å². The van der Waals surface area contributed by atoms with Crippen molar-refractivity contribution < 1.29 is 13.9 Å². The molecular weight excluding hydrogens is 392 g/mol. The number of amides is 1. The summed E-state index contributed by atoms with van der Waals surface area (Å²) in [5.74, 6) is 1.68. The van der Waals surface area contributed by atoms with Gasteiger partial charge in [-0.3, -0.25) is 4.79 Å². The maximum absolute atomic E-state index is 12.3. The third kappa shape index (κ3) is 5.00. The summed E-state index contributed by atoms with van der Waals surface area (Å²) in [6, 6.07) is 22.7. The summed E-state index contributed by atoms with van der Waals surface area (Å²) in [5, 5.41) is 17.1. The molecule has 2 aromatic heterocycles. The molecule has 0 bridgehead atoms. The molecule has 7 nitrogen and oxygen atoms in total. The summed E-state index contributed by atoms with van der Waals surface area (Å²) in [5.41, 5.74) is 0.455. The number of benzene rings is 2. The molecule has 2 aromatic carbocycles. The van der Waals surface area contributed by atoms with Gasteiger partial charge in [-0.2, -0.15) is 5.26 Å². The molecule has 7 heteroatoms. The van der Waals surface area contributed by atoms with Crippen molar-refractivity contribution in [3.63, 3.8) is 0 Å². The Morgan fingerprint density at radius 2 is 1.90 bits per heavy atom. The molecule has 1 amide bonds. The van der Waals surface area contributed by atoms with Crippen molar-refractivity contribution >= 4 is 22.5 Å². The molecule has 31 heavy (non-hydrogen) atoms. The van der Waals surface area contributed by atoms with Crippen molar-refractivity contribution in [3.05, 3.63) is 90.0 Å². The van der Waals surface area contributed by atoms with Crippen molar-refractivity contribution in [3.8, 4) is 11.8 Å². The minimum absolute atomic E-state index is 0.215. The number of nitrogens with one attached hydrogen (secondary N) is 2. The van der Waals surface area contributed by atoms with Crippen LogP contribution in [-0.2, 0) is 6.61 Å². The maximum Gasteiger partial charge on any atom is 0.287 e. The molecule has 0 atom stereocenters. The van der Waals surface area contributed by atoms with Crippen LogP contribution in [0.1, 0.15) is 21.9 Å². The van der Waals surface area contributed by atoms with Gasteiger partial charge in [0.25, 0.3) is 5.91 Å². The van der Waals surface area contributed by atoms with Gasteiger partial charge >= 0.3 is 0 Å². The number of aromatic nitrogens is 1. The summed E-state index contributed by atoms with van der Waals surface area (Å²) < 4.78 is 11.4. The van der Waals surface area contributed by atoms with Crippen LogP contribution in [0.5, 0.6) is 5.75 Å². The number of carbonyl (C=O) groups excluding carboxylic acids is 1. The highest BCUT2D eigenvalue weighted by Gasteiger charge is 2.11. The van der Waals surface area contributed by atoms with Crippen LogP contribution in [0.4, 0.5) is 5.82 Å². The number of nitrogens with zero attached hydrogens (tertiary/aromatic N) is 2. The lowest BCUT2D eigenvalue weighted by atomic mass is 10.1. The van der Waals surface area contributed by atoms with Gasteiger partial charge in [-0.15, -0.1) is 0 Å². The predicted molar refractivity (Wildman–Crippen MR) is 117 cm³/mol. The molecule has 0 aliphatic rings. The Bertz CT molecular complexity index is 1240. The van der Waals surface area contributed by atoms with E-state index in [0.29, 0.717) is 30.2 Å². The first kappa shape index (κ1) is 20.0. The van der Waals surface area contributed by atoms with Gasteiger partial charge in [0.15, 0.2) is 5.76 Å². The van der Waals surface area contributed by atoms with E-state index in [-0.39, 0.29) is 18.3 Å². The maximum atomic E-state index is 12.3. The second kappa shape index (κ2) is 9.46. The molecule has 0 unspecified atom stereocenters. The molecule has 0 radical (unpaired) electrons. The van der Waals surface area contributed by atoms with Crippen LogP contribution < -0.4 is 15.4 Å². The lowest BCUT2D eigenvalue weighted by Crippen LogP contribution is -2.28. The molecule has 0 saturated carbocycles. The molecule has 2 N–H and O–H groups in total. The fourth-order valence-electron chi connectivity index (χ4n) is 3.07. The lowest BCUT2D eigenvalue weighted by molar-refractivity contribution is 0.0923. The number of fused-ring (bicyclic) bond motifs is 1. The van der Waals surface area contributed by atoms with Crippen molar-refractivity contribution in [2.24, 2.45) is 0 Å². The molecule has 0 aliphatic carbocycles. The molecule has 4 aromatic rings. The van der Waals surface area contributed by atoms with Crippen LogP contribution in [0.25, 0.3) is 10.8 Å². The predicted octanol–water partition coefficient (Wildman–Crippen LogP) is 4.12. The summed E-state index contributed by atoms with van der Waals surface area (Å²) in [7, 11) is 0. The Morgan fingerprint density at radius 3 is 2.77 bits per heavy atom. The van der Waals surface area contributed by atoms with Crippen LogP contribution in [0.3, 0.4) is 0 Å². The molecule has 0 spiro atoms. The highest BCUT2D eigenvalue weighted by Crippen LogP contribution is 2.21. The smallest absolute Gasteiger partial charge is 0.287 e. The number of anilines is 1. The summed E-state index contributed by atoms with van der Waals surface area (Å²) in [6.07, 6.45) is 1.60. The minimum Gasteiger partial charge on any atom is -0.486 e. The molecule has 0 saturated heterocycles. The van der Waals surface area contributed by atoms with E-state index in [1.807, 2.05) is 42.5 Å². The molecule has 4 rings (SSSR count). The van der Waals surface area contributed by atoms with E-state index in [2.05, 4.69) is 21.7 Å². The van der Waals surface area contributed by atoms with Gasteiger partial charge < -0.3 is 19.8 Å². The normalized spacial score (nSPS) is 10.4. The zero-order chi connectivity index (χ0) is 21.5. The van der Waals surface area contributed by atoms with E-state index in [9.17, 15) is 4.79 Å². The fourth-order valence-corrected chi connectivity index (χ4v) is 3.07. The van der Waals surface area contributed by atoms with Crippen LogP contribution >= 0.6 is 0 Å². The quantitative estimate of drug-likeness (QED) is 0.422. The average Bonchev–Trinajstić information content (AvgIpc) is 3.30. The van der Waals surface area contributed by atoms with Gasteiger partial charge in [0.2, 0.25) is 0 Å². The van der Waals surface area contributed by atoms with Crippen molar-refractivity contribution in [2.45, 2.75) is 6.61 Å². The van der Waals surface area contributed by atoms with Crippen LogP contribution in [0.2, 0.25) is 0 Å². The van der Waals surface area contributed by atoms with Gasteiger partial charge in [0.05, 0.1) is 5.56 Å².